The number of likely N-dealkylation sites (N-methyl/N-ethyl adjacent to an activating group) is 2. The molecule has 0 saturated carbocycles. The Labute approximate surface area is 117 Å². The number of halogens is 1. The second kappa shape index (κ2) is 5.16. The van der Waals surface area contributed by atoms with Gasteiger partial charge in [0.15, 0.2) is 11.4 Å². The van der Waals surface area contributed by atoms with Gasteiger partial charge in [-0.15, -0.1) is 0 Å². The Kier molecular flexibility index (Phi) is 3.50. The van der Waals surface area contributed by atoms with Crippen LogP contribution in [0.25, 0.3) is 11.0 Å². The lowest BCUT2D eigenvalue weighted by atomic mass is 10.0. The molecule has 108 valence electrons. The zero-order valence-electron chi connectivity index (χ0n) is 11.7. The molecule has 2 unspecified atom stereocenters. The van der Waals surface area contributed by atoms with Crippen LogP contribution in [0.3, 0.4) is 0 Å². The maximum absolute atomic E-state index is 13.6. The maximum Gasteiger partial charge on any atom is 0.170 e. The molecule has 3 rings (SSSR count). The second-order valence-electron chi connectivity index (χ2n) is 5.56. The zero-order valence-corrected chi connectivity index (χ0v) is 11.7. The van der Waals surface area contributed by atoms with Crippen molar-refractivity contribution in [3.63, 3.8) is 0 Å². The van der Waals surface area contributed by atoms with Crippen molar-refractivity contribution < 1.29 is 13.9 Å². The van der Waals surface area contributed by atoms with Gasteiger partial charge < -0.3 is 14.4 Å². The Morgan fingerprint density at radius 3 is 2.90 bits per heavy atom. The van der Waals surface area contributed by atoms with E-state index in [9.17, 15) is 9.50 Å². The van der Waals surface area contributed by atoms with Gasteiger partial charge in [0.1, 0.15) is 11.9 Å². The standard InChI is InChI=1S/C15H19FN2O2/c1-17-6-7-18(2)12(9-17)14(19)13-8-10-4-3-5-11(16)15(10)20-13/h3-5,8,12,14,19H,6-7,9H2,1-2H3. The van der Waals surface area contributed by atoms with Crippen molar-refractivity contribution in [2.24, 2.45) is 0 Å². The molecule has 1 fully saturated rings. The van der Waals surface area contributed by atoms with E-state index in [4.69, 9.17) is 4.42 Å². The first-order chi connectivity index (χ1) is 9.56. The van der Waals surface area contributed by atoms with Gasteiger partial charge in [-0.3, -0.25) is 4.90 Å². The minimum absolute atomic E-state index is 0.0441. The van der Waals surface area contributed by atoms with E-state index in [1.54, 1.807) is 18.2 Å². The third-order valence-electron chi connectivity index (χ3n) is 4.07. The third-order valence-corrected chi connectivity index (χ3v) is 4.07. The number of aliphatic hydroxyl groups is 1. The van der Waals surface area contributed by atoms with Crippen LogP contribution in [0.15, 0.2) is 28.7 Å². The van der Waals surface area contributed by atoms with Crippen molar-refractivity contribution in [2.75, 3.05) is 33.7 Å². The van der Waals surface area contributed by atoms with Gasteiger partial charge in [0.05, 0.1) is 6.04 Å². The molecule has 2 aromatic rings. The molecular weight excluding hydrogens is 259 g/mol. The quantitative estimate of drug-likeness (QED) is 0.910. The molecule has 5 heteroatoms. The first kappa shape index (κ1) is 13.5. The predicted molar refractivity (Wildman–Crippen MR) is 75.0 cm³/mol. The number of benzene rings is 1. The average Bonchev–Trinajstić information content (AvgIpc) is 2.86. The Morgan fingerprint density at radius 1 is 1.35 bits per heavy atom. The molecule has 4 nitrogen and oxygen atoms in total. The molecule has 1 aromatic heterocycles. The number of aliphatic hydroxyl groups excluding tert-OH is 1. The van der Waals surface area contributed by atoms with E-state index < -0.39 is 11.9 Å². The minimum Gasteiger partial charge on any atom is -0.455 e. The summed E-state index contributed by atoms with van der Waals surface area (Å²) < 4.78 is 19.2. The lowest BCUT2D eigenvalue weighted by Gasteiger charge is -2.39. The molecule has 0 spiro atoms. The van der Waals surface area contributed by atoms with Crippen LogP contribution in [-0.4, -0.2) is 54.7 Å². The zero-order chi connectivity index (χ0) is 14.3. The Hall–Kier alpha value is -1.43. The molecule has 1 saturated heterocycles. The van der Waals surface area contributed by atoms with Crippen LogP contribution in [0.1, 0.15) is 11.9 Å². The van der Waals surface area contributed by atoms with E-state index in [1.807, 2.05) is 14.1 Å². The van der Waals surface area contributed by atoms with Crippen LogP contribution in [0.2, 0.25) is 0 Å². The number of furan rings is 1. The number of nitrogens with zero attached hydrogens (tertiary/aromatic N) is 2. The smallest absolute Gasteiger partial charge is 0.170 e. The van der Waals surface area contributed by atoms with E-state index >= 15 is 0 Å². The van der Waals surface area contributed by atoms with Crippen LogP contribution in [-0.2, 0) is 0 Å². The van der Waals surface area contributed by atoms with E-state index in [0.29, 0.717) is 11.1 Å². The summed E-state index contributed by atoms with van der Waals surface area (Å²) in [5.41, 5.74) is 0.216. The molecular formula is C15H19FN2O2. The van der Waals surface area contributed by atoms with E-state index in [-0.39, 0.29) is 11.6 Å². The van der Waals surface area contributed by atoms with Gasteiger partial charge in [-0.1, -0.05) is 12.1 Å². The van der Waals surface area contributed by atoms with Crippen molar-refractivity contribution >= 4 is 11.0 Å². The highest BCUT2D eigenvalue weighted by Gasteiger charge is 2.31. The largest absolute Gasteiger partial charge is 0.455 e. The van der Waals surface area contributed by atoms with E-state index in [2.05, 4.69) is 9.80 Å². The highest BCUT2D eigenvalue weighted by atomic mass is 19.1. The molecule has 1 aliphatic heterocycles. The highest BCUT2D eigenvalue weighted by molar-refractivity contribution is 5.78. The molecule has 0 aliphatic carbocycles. The average molecular weight is 278 g/mol. The molecule has 0 bridgehead atoms. The van der Waals surface area contributed by atoms with Crippen molar-refractivity contribution in [3.05, 3.63) is 35.8 Å². The number of rotatable bonds is 2. The van der Waals surface area contributed by atoms with Crippen LogP contribution in [0, 0.1) is 5.82 Å². The molecule has 0 amide bonds. The van der Waals surface area contributed by atoms with E-state index in [0.717, 1.165) is 19.6 Å². The first-order valence-electron chi connectivity index (χ1n) is 6.81. The van der Waals surface area contributed by atoms with Gasteiger partial charge in [-0.05, 0) is 26.2 Å². The molecule has 1 N–H and O–H groups in total. The maximum atomic E-state index is 13.6. The topological polar surface area (TPSA) is 39.9 Å². The monoisotopic (exact) mass is 278 g/mol. The number of para-hydroxylation sites is 1. The summed E-state index contributed by atoms with van der Waals surface area (Å²) in [4.78, 5) is 4.30. The lowest BCUT2D eigenvalue weighted by Crippen LogP contribution is -2.52. The van der Waals surface area contributed by atoms with Gasteiger partial charge in [0.2, 0.25) is 0 Å². The first-order valence-corrected chi connectivity index (χ1v) is 6.81. The van der Waals surface area contributed by atoms with Crippen molar-refractivity contribution in [3.8, 4) is 0 Å². The van der Waals surface area contributed by atoms with Gasteiger partial charge in [0, 0.05) is 25.0 Å². The second-order valence-corrected chi connectivity index (χ2v) is 5.56. The van der Waals surface area contributed by atoms with E-state index in [1.165, 1.54) is 6.07 Å². The van der Waals surface area contributed by atoms with Gasteiger partial charge in [-0.2, -0.15) is 0 Å². The number of hydrogen-bond acceptors (Lipinski definition) is 4. The summed E-state index contributed by atoms with van der Waals surface area (Å²) in [5.74, 6) is 0.0346. The summed E-state index contributed by atoms with van der Waals surface area (Å²) >= 11 is 0. The summed E-state index contributed by atoms with van der Waals surface area (Å²) in [6.45, 7) is 2.64. The molecule has 1 aromatic carbocycles. The number of hydrogen-bond donors (Lipinski definition) is 1. The highest BCUT2D eigenvalue weighted by Crippen LogP contribution is 2.29. The fraction of sp³-hybridized carbons (Fsp3) is 0.467. The number of fused-ring (bicyclic) bond motifs is 1. The fourth-order valence-electron chi connectivity index (χ4n) is 2.77. The Morgan fingerprint density at radius 2 is 2.15 bits per heavy atom. The van der Waals surface area contributed by atoms with Crippen LogP contribution < -0.4 is 0 Å². The third kappa shape index (κ3) is 2.32. The lowest BCUT2D eigenvalue weighted by molar-refractivity contribution is 0.00401. The van der Waals surface area contributed by atoms with Crippen LogP contribution >= 0.6 is 0 Å². The van der Waals surface area contributed by atoms with Gasteiger partial charge in [0.25, 0.3) is 0 Å². The minimum atomic E-state index is -0.755. The summed E-state index contributed by atoms with van der Waals surface area (Å²) in [5, 5.41) is 11.2. The number of piperazine rings is 1. The van der Waals surface area contributed by atoms with Crippen LogP contribution in [0.5, 0.6) is 0 Å². The molecule has 2 atom stereocenters. The summed E-state index contributed by atoms with van der Waals surface area (Å²) in [6, 6.07) is 6.48. The van der Waals surface area contributed by atoms with Crippen molar-refractivity contribution in [2.45, 2.75) is 12.1 Å². The summed E-state index contributed by atoms with van der Waals surface area (Å²) in [6.07, 6.45) is -0.755. The normalized spacial score (nSPS) is 23.3. The molecule has 1 aliphatic rings. The Bertz CT molecular complexity index is 613. The summed E-state index contributed by atoms with van der Waals surface area (Å²) in [7, 11) is 4.02. The van der Waals surface area contributed by atoms with Crippen molar-refractivity contribution in [1.82, 2.24) is 9.80 Å². The molecule has 0 radical (unpaired) electrons. The van der Waals surface area contributed by atoms with Crippen LogP contribution in [0.4, 0.5) is 4.39 Å². The van der Waals surface area contributed by atoms with Crippen molar-refractivity contribution in [1.29, 1.82) is 0 Å². The molecule has 20 heavy (non-hydrogen) atoms. The Balaban J connectivity index is 1.91. The van der Waals surface area contributed by atoms with Gasteiger partial charge >= 0.3 is 0 Å². The predicted octanol–water partition coefficient (Wildman–Crippen LogP) is 1.85. The van der Waals surface area contributed by atoms with Gasteiger partial charge in [-0.25, -0.2) is 4.39 Å². The SMILES string of the molecule is CN1CCN(C)C(C(O)c2cc3cccc(F)c3o2)C1. The molecule has 2 heterocycles. The fourth-order valence-corrected chi connectivity index (χ4v) is 2.77.